The van der Waals surface area contributed by atoms with Gasteiger partial charge in [-0.2, -0.15) is 8.75 Å². The SMILES string of the molecule is CC1(CNc2nsnc2Cl)CCC1. The standard InChI is InChI=1S/C8H12ClN3S/c1-8(3-2-4-8)5-10-7-6(9)11-13-12-7/h2-5H2,1H3,(H,10,12). The number of hydrogen-bond acceptors (Lipinski definition) is 4. The van der Waals surface area contributed by atoms with Gasteiger partial charge in [0.15, 0.2) is 11.0 Å². The molecule has 1 fully saturated rings. The average molecular weight is 218 g/mol. The quantitative estimate of drug-likeness (QED) is 0.846. The van der Waals surface area contributed by atoms with Gasteiger partial charge in [0.1, 0.15) is 0 Å². The molecule has 0 amide bonds. The van der Waals surface area contributed by atoms with Gasteiger partial charge >= 0.3 is 0 Å². The zero-order valence-electron chi connectivity index (χ0n) is 7.51. The summed E-state index contributed by atoms with van der Waals surface area (Å²) in [6.45, 7) is 3.25. The minimum absolute atomic E-state index is 0.451. The average Bonchev–Trinajstić information content (AvgIpc) is 2.44. The van der Waals surface area contributed by atoms with Crippen molar-refractivity contribution in [2.45, 2.75) is 26.2 Å². The number of nitrogens with zero attached hydrogens (tertiary/aromatic N) is 2. The number of anilines is 1. The monoisotopic (exact) mass is 217 g/mol. The predicted molar refractivity (Wildman–Crippen MR) is 55.4 cm³/mol. The minimum atomic E-state index is 0.451. The van der Waals surface area contributed by atoms with Crippen molar-refractivity contribution in [2.75, 3.05) is 11.9 Å². The zero-order valence-corrected chi connectivity index (χ0v) is 9.08. The van der Waals surface area contributed by atoms with Crippen LogP contribution in [0.5, 0.6) is 0 Å². The van der Waals surface area contributed by atoms with Crippen LogP contribution >= 0.6 is 23.3 Å². The second-order valence-electron chi connectivity index (χ2n) is 3.92. The van der Waals surface area contributed by atoms with Crippen LogP contribution in [0.2, 0.25) is 5.15 Å². The van der Waals surface area contributed by atoms with Crippen molar-refractivity contribution in [1.29, 1.82) is 0 Å². The van der Waals surface area contributed by atoms with Crippen molar-refractivity contribution in [3.8, 4) is 0 Å². The molecule has 1 N–H and O–H groups in total. The van der Waals surface area contributed by atoms with Crippen molar-refractivity contribution < 1.29 is 0 Å². The second kappa shape index (κ2) is 3.42. The largest absolute Gasteiger partial charge is 0.366 e. The normalized spacial score (nSPS) is 19.5. The van der Waals surface area contributed by atoms with E-state index >= 15 is 0 Å². The summed E-state index contributed by atoms with van der Waals surface area (Å²) in [6.07, 6.45) is 3.95. The maximum Gasteiger partial charge on any atom is 0.186 e. The molecule has 0 aromatic carbocycles. The number of rotatable bonds is 3. The van der Waals surface area contributed by atoms with Crippen molar-refractivity contribution in [3.63, 3.8) is 0 Å². The van der Waals surface area contributed by atoms with Crippen LogP contribution in [0.1, 0.15) is 26.2 Å². The van der Waals surface area contributed by atoms with Crippen LogP contribution in [0, 0.1) is 5.41 Å². The molecular weight excluding hydrogens is 206 g/mol. The highest BCUT2D eigenvalue weighted by molar-refractivity contribution is 6.99. The molecule has 1 saturated carbocycles. The lowest BCUT2D eigenvalue weighted by molar-refractivity contribution is 0.180. The first-order valence-corrected chi connectivity index (χ1v) is 5.52. The first-order valence-electron chi connectivity index (χ1n) is 4.42. The molecule has 0 radical (unpaired) electrons. The molecule has 3 nitrogen and oxygen atoms in total. The molecular formula is C8H12ClN3S. The van der Waals surface area contributed by atoms with Gasteiger partial charge in [-0.3, -0.25) is 0 Å². The third-order valence-electron chi connectivity index (χ3n) is 2.69. The Labute approximate surface area is 86.8 Å². The Hall–Kier alpha value is -0.350. The molecule has 0 aliphatic heterocycles. The lowest BCUT2D eigenvalue weighted by Crippen LogP contribution is -2.33. The molecule has 72 valence electrons. The van der Waals surface area contributed by atoms with E-state index in [2.05, 4.69) is 21.0 Å². The topological polar surface area (TPSA) is 37.8 Å². The van der Waals surface area contributed by atoms with Crippen molar-refractivity contribution >= 4 is 29.1 Å². The fraction of sp³-hybridized carbons (Fsp3) is 0.750. The third-order valence-corrected chi connectivity index (χ3v) is 3.58. The Balaban J connectivity index is 1.89. The number of aromatic nitrogens is 2. The highest BCUT2D eigenvalue weighted by atomic mass is 35.5. The Morgan fingerprint density at radius 2 is 2.31 bits per heavy atom. The fourth-order valence-corrected chi connectivity index (χ4v) is 2.22. The molecule has 1 aliphatic carbocycles. The van der Waals surface area contributed by atoms with E-state index in [0.29, 0.717) is 10.6 Å². The predicted octanol–water partition coefficient (Wildman–Crippen LogP) is 2.79. The van der Waals surface area contributed by atoms with Gasteiger partial charge in [-0.15, -0.1) is 0 Å². The Morgan fingerprint density at radius 3 is 2.77 bits per heavy atom. The molecule has 2 rings (SSSR count). The summed E-state index contributed by atoms with van der Waals surface area (Å²) >= 11 is 6.95. The summed E-state index contributed by atoms with van der Waals surface area (Å²) in [7, 11) is 0. The van der Waals surface area contributed by atoms with E-state index in [1.54, 1.807) is 0 Å². The van der Waals surface area contributed by atoms with Crippen LogP contribution in [-0.2, 0) is 0 Å². The van der Waals surface area contributed by atoms with Gasteiger partial charge in [0.2, 0.25) is 0 Å². The van der Waals surface area contributed by atoms with Crippen LogP contribution in [0.15, 0.2) is 0 Å². The second-order valence-corrected chi connectivity index (χ2v) is 4.81. The number of halogens is 1. The molecule has 1 aromatic rings. The molecule has 13 heavy (non-hydrogen) atoms. The van der Waals surface area contributed by atoms with Gasteiger partial charge in [0.25, 0.3) is 0 Å². The third kappa shape index (κ3) is 1.94. The molecule has 1 aliphatic rings. The Morgan fingerprint density at radius 1 is 1.54 bits per heavy atom. The Bertz CT molecular complexity index is 295. The van der Waals surface area contributed by atoms with E-state index < -0.39 is 0 Å². The molecule has 0 atom stereocenters. The van der Waals surface area contributed by atoms with Gasteiger partial charge in [0, 0.05) is 6.54 Å². The highest BCUT2D eigenvalue weighted by Gasteiger charge is 2.31. The Kier molecular flexibility index (Phi) is 2.43. The fourth-order valence-electron chi connectivity index (χ4n) is 1.54. The van der Waals surface area contributed by atoms with Gasteiger partial charge in [-0.05, 0) is 18.3 Å². The van der Waals surface area contributed by atoms with Gasteiger partial charge in [-0.25, -0.2) is 0 Å². The summed E-state index contributed by atoms with van der Waals surface area (Å²) in [5.41, 5.74) is 0.451. The zero-order chi connectivity index (χ0) is 9.31. The maximum absolute atomic E-state index is 5.80. The summed E-state index contributed by atoms with van der Waals surface area (Å²) in [5, 5.41) is 3.73. The summed E-state index contributed by atoms with van der Waals surface area (Å²) in [4.78, 5) is 0. The first-order chi connectivity index (χ1) is 6.20. The van der Waals surface area contributed by atoms with Crippen LogP contribution in [-0.4, -0.2) is 15.3 Å². The molecule has 1 heterocycles. The van der Waals surface area contributed by atoms with E-state index in [-0.39, 0.29) is 0 Å². The van der Waals surface area contributed by atoms with Crippen LogP contribution in [0.3, 0.4) is 0 Å². The lowest BCUT2D eigenvalue weighted by atomic mass is 9.70. The van der Waals surface area contributed by atoms with E-state index in [4.69, 9.17) is 11.6 Å². The lowest BCUT2D eigenvalue weighted by Gasteiger charge is -2.38. The highest BCUT2D eigenvalue weighted by Crippen LogP contribution is 2.40. The summed E-state index contributed by atoms with van der Waals surface area (Å²) in [6, 6.07) is 0. The van der Waals surface area contributed by atoms with Crippen molar-refractivity contribution in [1.82, 2.24) is 8.75 Å². The van der Waals surface area contributed by atoms with Crippen molar-refractivity contribution in [3.05, 3.63) is 5.15 Å². The first kappa shape index (κ1) is 9.21. The van der Waals surface area contributed by atoms with E-state index in [9.17, 15) is 0 Å². The summed E-state index contributed by atoms with van der Waals surface area (Å²) in [5.74, 6) is 0.736. The molecule has 0 saturated heterocycles. The summed E-state index contributed by atoms with van der Waals surface area (Å²) < 4.78 is 7.96. The minimum Gasteiger partial charge on any atom is -0.366 e. The molecule has 0 bridgehead atoms. The molecule has 5 heteroatoms. The molecule has 1 aromatic heterocycles. The van der Waals surface area contributed by atoms with Crippen LogP contribution in [0.4, 0.5) is 5.82 Å². The van der Waals surface area contributed by atoms with E-state index in [1.165, 1.54) is 19.3 Å². The maximum atomic E-state index is 5.80. The van der Waals surface area contributed by atoms with Gasteiger partial charge < -0.3 is 5.32 Å². The van der Waals surface area contributed by atoms with Crippen molar-refractivity contribution in [2.24, 2.45) is 5.41 Å². The van der Waals surface area contributed by atoms with Gasteiger partial charge in [-0.1, -0.05) is 24.9 Å². The number of hydrogen-bond donors (Lipinski definition) is 1. The van der Waals surface area contributed by atoms with E-state index in [1.807, 2.05) is 0 Å². The molecule has 0 spiro atoms. The molecule has 0 unspecified atom stereocenters. The smallest absolute Gasteiger partial charge is 0.186 e. The number of nitrogens with one attached hydrogen (secondary N) is 1. The van der Waals surface area contributed by atoms with Gasteiger partial charge in [0.05, 0.1) is 11.7 Å². The van der Waals surface area contributed by atoms with Crippen LogP contribution in [0.25, 0.3) is 0 Å². The van der Waals surface area contributed by atoms with Crippen LogP contribution < -0.4 is 5.32 Å². The van der Waals surface area contributed by atoms with E-state index in [0.717, 1.165) is 24.1 Å².